The fraction of sp³-hybridized carbons (Fsp3) is 0.310. The summed E-state index contributed by atoms with van der Waals surface area (Å²) in [6, 6.07) is 15.8. The number of ether oxygens (including phenoxy) is 3. The molecule has 2 amide bonds. The molecule has 0 unspecified atom stereocenters. The molecule has 0 heterocycles. The minimum absolute atomic E-state index is 0.112. The van der Waals surface area contributed by atoms with Gasteiger partial charge in [0.1, 0.15) is 12.3 Å². The zero-order chi connectivity index (χ0) is 29.4. The van der Waals surface area contributed by atoms with Gasteiger partial charge in [-0.05, 0) is 62.2 Å². The molecule has 11 heteroatoms. The Morgan fingerprint density at radius 2 is 1.52 bits per heavy atom. The second kappa shape index (κ2) is 13.2. The van der Waals surface area contributed by atoms with Crippen LogP contribution in [0.1, 0.15) is 36.7 Å². The first-order valence-electron chi connectivity index (χ1n) is 12.7. The van der Waals surface area contributed by atoms with Crippen LogP contribution in [0.5, 0.6) is 17.2 Å². The van der Waals surface area contributed by atoms with Crippen LogP contribution in [0.15, 0.2) is 65.6 Å². The highest BCUT2D eigenvalue weighted by atomic mass is 32.2. The van der Waals surface area contributed by atoms with E-state index < -0.39 is 22.5 Å². The van der Waals surface area contributed by atoms with Gasteiger partial charge in [-0.25, -0.2) is 8.42 Å². The molecule has 0 saturated heterocycles. The average Bonchev–Trinajstić information content (AvgIpc) is 2.94. The average molecular weight is 570 g/mol. The number of nitrogens with one attached hydrogen (secondary N) is 2. The second-order valence-corrected chi connectivity index (χ2v) is 11.0. The largest absolute Gasteiger partial charge is 0.495 e. The summed E-state index contributed by atoms with van der Waals surface area (Å²) in [5.41, 5.74) is 1.55. The zero-order valence-corrected chi connectivity index (χ0v) is 24.3. The molecule has 0 aliphatic carbocycles. The summed E-state index contributed by atoms with van der Waals surface area (Å²) in [7, 11) is -0.0451. The van der Waals surface area contributed by atoms with Gasteiger partial charge in [0.25, 0.3) is 15.9 Å². The molecule has 2 N–H and O–H groups in total. The van der Waals surface area contributed by atoms with Crippen molar-refractivity contribution in [3.05, 3.63) is 71.8 Å². The van der Waals surface area contributed by atoms with Crippen LogP contribution in [0, 0.1) is 0 Å². The van der Waals surface area contributed by atoms with E-state index >= 15 is 0 Å². The highest BCUT2D eigenvalue weighted by Gasteiger charge is 2.31. The SMILES string of the molecule is CCc1ccc(OC)c(N(CC(=O)Nc2ccccc2C(=O)NC(C)C)S(=O)(=O)c2ccc(OC)c(OC)c2)c1. The summed E-state index contributed by atoms with van der Waals surface area (Å²) in [6.07, 6.45) is 0.631. The van der Waals surface area contributed by atoms with E-state index in [0.29, 0.717) is 12.2 Å². The van der Waals surface area contributed by atoms with E-state index in [1.54, 1.807) is 36.4 Å². The third-order valence-electron chi connectivity index (χ3n) is 6.02. The molecule has 0 aliphatic heterocycles. The maximum Gasteiger partial charge on any atom is 0.265 e. The molecule has 40 heavy (non-hydrogen) atoms. The Labute approximate surface area is 235 Å². The molecule has 0 spiro atoms. The van der Waals surface area contributed by atoms with Crippen LogP contribution in [-0.4, -0.2) is 54.1 Å². The molecule has 3 aromatic carbocycles. The van der Waals surface area contributed by atoms with E-state index in [9.17, 15) is 18.0 Å². The summed E-state index contributed by atoms with van der Waals surface area (Å²) < 4.78 is 45.2. The summed E-state index contributed by atoms with van der Waals surface area (Å²) >= 11 is 0. The van der Waals surface area contributed by atoms with Gasteiger partial charge in [0.15, 0.2) is 11.5 Å². The Balaban J connectivity index is 2.08. The third kappa shape index (κ3) is 6.84. The van der Waals surface area contributed by atoms with Crippen molar-refractivity contribution in [1.82, 2.24) is 5.32 Å². The fourth-order valence-electron chi connectivity index (χ4n) is 4.00. The van der Waals surface area contributed by atoms with Gasteiger partial charge in [-0.1, -0.05) is 25.1 Å². The number of para-hydroxylation sites is 1. The van der Waals surface area contributed by atoms with E-state index in [0.717, 1.165) is 9.87 Å². The van der Waals surface area contributed by atoms with Crippen LogP contribution in [0.4, 0.5) is 11.4 Å². The van der Waals surface area contributed by atoms with Gasteiger partial charge in [-0.3, -0.25) is 13.9 Å². The minimum atomic E-state index is -4.32. The molecule has 0 radical (unpaired) electrons. The molecule has 3 rings (SSSR count). The molecule has 0 saturated carbocycles. The van der Waals surface area contributed by atoms with E-state index in [1.807, 2.05) is 26.8 Å². The molecule has 0 aromatic heterocycles. The van der Waals surface area contributed by atoms with Crippen molar-refractivity contribution in [3.63, 3.8) is 0 Å². The molecule has 0 atom stereocenters. The number of aryl methyl sites for hydroxylation is 1. The van der Waals surface area contributed by atoms with Gasteiger partial charge in [0, 0.05) is 12.1 Å². The van der Waals surface area contributed by atoms with Crippen molar-refractivity contribution in [3.8, 4) is 17.2 Å². The van der Waals surface area contributed by atoms with Crippen LogP contribution < -0.4 is 29.1 Å². The molecular weight excluding hydrogens is 534 g/mol. The lowest BCUT2D eigenvalue weighted by molar-refractivity contribution is -0.114. The lowest BCUT2D eigenvalue weighted by atomic mass is 10.1. The summed E-state index contributed by atoms with van der Waals surface area (Å²) in [5, 5.41) is 5.50. The number of amides is 2. The predicted octanol–water partition coefficient (Wildman–Crippen LogP) is 4.25. The van der Waals surface area contributed by atoms with Crippen molar-refractivity contribution in [1.29, 1.82) is 0 Å². The Kier molecular flexibility index (Phi) is 10.0. The number of carbonyl (C=O) groups excluding carboxylic acids is 2. The van der Waals surface area contributed by atoms with E-state index in [1.165, 1.54) is 39.5 Å². The minimum Gasteiger partial charge on any atom is -0.495 e. The van der Waals surface area contributed by atoms with Crippen molar-refractivity contribution in [2.24, 2.45) is 0 Å². The number of hydrogen-bond acceptors (Lipinski definition) is 7. The van der Waals surface area contributed by atoms with Gasteiger partial charge in [-0.15, -0.1) is 0 Å². The topological polar surface area (TPSA) is 123 Å². The first-order valence-corrected chi connectivity index (χ1v) is 14.1. The zero-order valence-electron chi connectivity index (χ0n) is 23.5. The molecule has 0 fully saturated rings. The Hall–Kier alpha value is -4.25. The first-order chi connectivity index (χ1) is 19.0. The number of sulfonamides is 1. The normalized spacial score (nSPS) is 11.1. The monoisotopic (exact) mass is 569 g/mol. The lowest BCUT2D eigenvalue weighted by Gasteiger charge is -2.26. The molecule has 10 nitrogen and oxygen atoms in total. The van der Waals surface area contributed by atoms with Gasteiger partial charge in [0.2, 0.25) is 5.91 Å². The highest BCUT2D eigenvalue weighted by molar-refractivity contribution is 7.92. The maximum absolute atomic E-state index is 14.1. The number of anilines is 2. The van der Waals surface area contributed by atoms with Crippen molar-refractivity contribution >= 4 is 33.2 Å². The molecule has 214 valence electrons. The summed E-state index contributed by atoms with van der Waals surface area (Å²) in [6.45, 7) is 4.99. The van der Waals surface area contributed by atoms with Gasteiger partial charge < -0.3 is 24.8 Å². The number of hydrogen-bond donors (Lipinski definition) is 2. The predicted molar refractivity (Wildman–Crippen MR) is 154 cm³/mol. The van der Waals surface area contributed by atoms with E-state index in [-0.39, 0.29) is 45.3 Å². The third-order valence-corrected chi connectivity index (χ3v) is 7.77. The van der Waals surface area contributed by atoms with Gasteiger partial charge in [0.05, 0.1) is 43.2 Å². The van der Waals surface area contributed by atoms with Crippen LogP contribution in [0.2, 0.25) is 0 Å². The Morgan fingerprint density at radius 3 is 2.15 bits per heavy atom. The number of nitrogens with zero attached hydrogens (tertiary/aromatic N) is 1. The molecule has 3 aromatic rings. The van der Waals surface area contributed by atoms with Crippen LogP contribution in [-0.2, 0) is 21.2 Å². The quantitative estimate of drug-likeness (QED) is 0.334. The Bertz CT molecular complexity index is 1470. The van der Waals surface area contributed by atoms with Gasteiger partial charge >= 0.3 is 0 Å². The van der Waals surface area contributed by atoms with Gasteiger partial charge in [-0.2, -0.15) is 0 Å². The first kappa shape index (κ1) is 30.3. The highest BCUT2D eigenvalue weighted by Crippen LogP contribution is 2.36. The fourth-order valence-corrected chi connectivity index (χ4v) is 5.44. The second-order valence-electron chi connectivity index (χ2n) is 9.11. The molecule has 0 aliphatic rings. The summed E-state index contributed by atoms with van der Waals surface area (Å²) in [5.74, 6) is -0.179. The maximum atomic E-state index is 14.1. The number of rotatable bonds is 12. The Morgan fingerprint density at radius 1 is 0.875 bits per heavy atom. The van der Waals surface area contributed by atoms with Crippen LogP contribution in [0.25, 0.3) is 0 Å². The standard InChI is InChI=1S/C29H35N3O7S/c1-7-20-12-14-25(37-4)24(16-20)32(40(35,36)21-13-15-26(38-5)27(17-21)39-6)18-28(33)31-23-11-9-8-10-22(23)29(34)30-19(2)3/h8-17,19H,7,18H2,1-6H3,(H,30,34)(H,31,33). The number of methoxy groups -OCH3 is 3. The number of carbonyl (C=O) groups is 2. The molecule has 0 bridgehead atoms. The van der Waals surface area contributed by atoms with Crippen LogP contribution in [0.3, 0.4) is 0 Å². The van der Waals surface area contributed by atoms with Crippen molar-refractivity contribution < 1.29 is 32.2 Å². The summed E-state index contributed by atoms with van der Waals surface area (Å²) in [4.78, 5) is 26.0. The van der Waals surface area contributed by atoms with E-state index in [4.69, 9.17) is 14.2 Å². The smallest absolute Gasteiger partial charge is 0.265 e. The van der Waals surface area contributed by atoms with Crippen molar-refractivity contribution in [2.75, 3.05) is 37.5 Å². The lowest BCUT2D eigenvalue weighted by Crippen LogP contribution is -2.39. The van der Waals surface area contributed by atoms with E-state index in [2.05, 4.69) is 10.6 Å². The number of benzene rings is 3. The molecular formula is C29H35N3O7S. The van der Waals surface area contributed by atoms with Crippen molar-refractivity contribution in [2.45, 2.75) is 38.1 Å². The van der Waals surface area contributed by atoms with Crippen LogP contribution >= 0.6 is 0 Å².